The van der Waals surface area contributed by atoms with Crippen molar-refractivity contribution in [2.45, 2.75) is 26.8 Å². The van der Waals surface area contributed by atoms with Crippen LogP contribution in [-0.2, 0) is 4.74 Å². The lowest BCUT2D eigenvalue weighted by Crippen LogP contribution is -2.48. The minimum atomic E-state index is 0. The van der Waals surface area contributed by atoms with E-state index in [2.05, 4.69) is 55.4 Å². The monoisotopic (exact) mass is 386 g/mol. The molecule has 0 spiro atoms. The molecule has 0 aliphatic rings. The van der Waals surface area contributed by atoms with E-state index in [0.717, 1.165) is 19.0 Å². The van der Waals surface area contributed by atoms with Crippen molar-refractivity contribution in [3.8, 4) is 0 Å². The lowest BCUT2D eigenvalue weighted by atomic mass is 9.93. The number of hydrogen-bond acceptors (Lipinski definition) is 3. The summed E-state index contributed by atoms with van der Waals surface area (Å²) in [5, 5.41) is 6.65. The molecule has 0 aliphatic carbocycles. The fourth-order valence-electron chi connectivity index (χ4n) is 1.95. The fraction of sp³-hybridized carbons (Fsp3) is 0.923. The quantitative estimate of drug-likeness (QED) is 0.395. The lowest BCUT2D eigenvalue weighted by molar-refractivity contribution is 0.178. The smallest absolute Gasteiger partial charge is 0.191 e. The molecule has 0 heterocycles. The first kappa shape index (κ1) is 21.2. The summed E-state index contributed by atoms with van der Waals surface area (Å²) in [5.74, 6) is 0.825. The second-order valence-electron chi connectivity index (χ2n) is 5.83. The van der Waals surface area contributed by atoms with E-state index in [-0.39, 0.29) is 35.4 Å². The third kappa shape index (κ3) is 11.4. The molecule has 0 amide bonds. The van der Waals surface area contributed by atoms with E-state index in [9.17, 15) is 0 Å². The van der Waals surface area contributed by atoms with Crippen LogP contribution >= 0.6 is 24.0 Å². The molecule has 19 heavy (non-hydrogen) atoms. The Kier molecular flexibility index (Phi) is 11.9. The molecule has 0 rings (SSSR count). The topological polar surface area (TPSA) is 48.9 Å². The lowest BCUT2D eigenvalue weighted by Gasteiger charge is -2.29. The van der Waals surface area contributed by atoms with Crippen LogP contribution < -0.4 is 10.6 Å². The van der Waals surface area contributed by atoms with E-state index >= 15 is 0 Å². The van der Waals surface area contributed by atoms with Gasteiger partial charge in [-0.1, -0.05) is 13.8 Å². The van der Waals surface area contributed by atoms with Crippen LogP contribution in [0.5, 0.6) is 0 Å². The van der Waals surface area contributed by atoms with Crippen molar-refractivity contribution in [3.63, 3.8) is 0 Å². The van der Waals surface area contributed by atoms with E-state index < -0.39 is 0 Å². The minimum Gasteiger partial charge on any atom is -0.383 e. The highest BCUT2D eigenvalue weighted by molar-refractivity contribution is 14.0. The Morgan fingerprint density at radius 3 is 2.37 bits per heavy atom. The second-order valence-corrected chi connectivity index (χ2v) is 5.83. The number of rotatable bonds is 7. The van der Waals surface area contributed by atoms with E-state index in [1.54, 1.807) is 14.2 Å². The van der Waals surface area contributed by atoms with Gasteiger partial charge in [-0.3, -0.25) is 4.99 Å². The number of ether oxygens (including phenoxy) is 1. The molecule has 6 heteroatoms. The Morgan fingerprint density at radius 1 is 1.37 bits per heavy atom. The van der Waals surface area contributed by atoms with Crippen LogP contribution in [0.3, 0.4) is 0 Å². The van der Waals surface area contributed by atoms with Crippen LogP contribution in [0.2, 0.25) is 0 Å². The zero-order valence-corrected chi connectivity index (χ0v) is 15.7. The van der Waals surface area contributed by atoms with Crippen LogP contribution in [0, 0.1) is 5.41 Å². The van der Waals surface area contributed by atoms with Crippen molar-refractivity contribution in [2.24, 2.45) is 10.4 Å². The van der Waals surface area contributed by atoms with Crippen LogP contribution in [0.4, 0.5) is 0 Å². The highest BCUT2D eigenvalue weighted by atomic mass is 127. The van der Waals surface area contributed by atoms with Gasteiger partial charge in [-0.2, -0.15) is 0 Å². The summed E-state index contributed by atoms with van der Waals surface area (Å²) >= 11 is 0. The zero-order valence-electron chi connectivity index (χ0n) is 13.4. The van der Waals surface area contributed by atoms with Gasteiger partial charge in [0.05, 0.1) is 6.61 Å². The summed E-state index contributed by atoms with van der Waals surface area (Å²) in [7, 11) is 7.67. The first-order valence-electron chi connectivity index (χ1n) is 6.41. The summed E-state index contributed by atoms with van der Waals surface area (Å²) in [5.41, 5.74) is 0.200. The van der Waals surface area contributed by atoms with E-state index in [0.29, 0.717) is 6.61 Å². The number of hydrogen-bond donors (Lipinski definition) is 2. The molecule has 0 aliphatic heterocycles. The maximum Gasteiger partial charge on any atom is 0.191 e. The summed E-state index contributed by atoms with van der Waals surface area (Å²) < 4.78 is 5.10. The fourth-order valence-corrected chi connectivity index (χ4v) is 1.95. The van der Waals surface area contributed by atoms with Crippen molar-refractivity contribution < 1.29 is 4.74 Å². The van der Waals surface area contributed by atoms with Gasteiger partial charge in [-0.25, -0.2) is 0 Å². The number of aliphatic imine (C=N–C) groups is 1. The summed E-state index contributed by atoms with van der Waals surface area (Å²) in [6, 6.07) is 0.248. The third-order valence-electron chi connectivity index (χ3n) is 2.50. The van der Waals surface area contributed by atoms with Gasteiger partial charge < -0.3 is 20.3 Å². The highest BCUT2D eigenvalue weighted by Crippen LogP contribution is 2.13. The van der Waals surface area contributed by atoms with Gasteiger partial charge in [0.25, 0.3) is 0 Å². The predicted octanol–water partition coefficient (Wildman–Crippen LogP) is 1.39. The Hall–Kier alpha value is -0.0800. The molecule has 0 aromatic heterocycles. The van der Waals surface area contributed by atoms with Crippen molar-refractivity contribution in [1.29, 1.82) is 0 Å². The van der Waals surface area contributed by atoms with Crippen LogP contribution in [0.1, 0.15) is 20.8 Å². The van der Waals surface area contributed by atoms with Crippen molar-refractivity contribution in [1.82, 2.24) is 15.5 Å². The van der Waals surface area contributed by atoms with E-state index in [1.165, 1.54) is 0 Å². The molecule has 1 unspecified atom stereocenters. The minimum absolute atomic E-state index is 0. The van der Waals surface area contributed by atoms with Crippen LogP contribution in [-0.4, -0.2) is 64.9 Å². The molecular weight excluding hydrogens is 355 g/mol. The average Bonchev–Trinajstić information content (AvgIpc) is 2.22. The van der Waals surface area contributed by atoms with E-state index in [4.69, 9.17) is 4.74 Å². The molecular formula is C13H31IN4O. The molecule has 0 bridgehead atoms. The van der Waals surface area contributed by atoms with E-state index in [1.807, 2.05) is 0 Å². The molecule has 5 nitrogen and oxygen atoms in total. The SMILES string of the molecule is CN=C(NCC(C)(C)CN(C)C)NC(C)COC.I. The predicted molar refractivity (Wildman–Crippen MR) is 93.6 cm³/mol. The maximum absolute atomic E-state index is 5.10. The Bertz CT molecular complexity index is 257. The second kappa shape index (κ2) is 10.7. The van der Waals surface area contributed by atoms with Crippen LogP contribution in [0.25, 0.3) is 0 Å². The van der Waals surface area contributed by atoms with Gasteiger partial charge in [-0.15, -0.1) is 24.0 Å². The zero-order chi connectivity index (χ0) is 14.2. The number of nitrogens with zero attached hydrogens (tertiary/aromatic N) is 2. The number of methoxy groups -OCH3 is 1. The molecule has 0 saturated heterocycles. The van der Waals surface area contributed by atoms with Gasteiger partial charge in [0, 0.05) is 33.3 Å². The third-order valence-corrected chi connectivity index (χ3v) is 2.50. The standard InChI is InChI=1S/C13H30N4O.HI/c1-11(8-18-7)16-12(14-4)15-9-13(2,3)10-17(5)6;/h11H,8-10H2,1-7H3,(H2,14,15,16);1H. The van der Waals surface area contributed by atoms with Crippen molar-refractivity contribution in [2.75, 3.05) is 47.9 Å². The number of halogens is 1. The van der Waals surface area contributed by atoms with Crippen molar-refractivity contribution in [3.05, 3.63) is 0 Å². The molecule has 0 radical (unpaired) electrons. The summed E-state index contributed by atoms with van der Waals surface area (Å²) in [4.78, 5) is 6.42. The molecule has 1 atom stereocenters. The largest absolute Gasteiger partial charge is 0.383 e. The first-order valence-corrected chi connectivity index (χ1v) is 6.41. The molecule has 0 saturated carbocycles. The van der Waals surface area contributed by atoms with Gasteiger partial charge in [0.2, 0.25) is 0 Å². The molecule has 116 valence electrons. The van der Waals surface area contributed by atoms with Gasteiger partial charge in [0.1, 0.15) is 0 Å². The molecule has 2 N–H and O–H groups in total. The first-order chi connectivity index (χ1) is 8.30. The number of guanidine groups is 1. The Labute approximate surface area is 135 Å². The van der Waals surface area contributed by atoms with Gasteiger partial charge in [-0.05, 0) is 26.4 Å². The maximum atomic E-state index is 5.10. The van der Waals surface area contributed by atoms with Crippen molar-refractivity contribution >= 4 is 29.9 Å². The van der Waals surface area contributed by atoms with Gasteiger partial charge >= 0.3 is 0 Å². The number of nitrogens with one attached hydrogen (secondary N) is 2. The van der Waals surface area contributed by atoms with Gasteiger partial charge in [0.15, 0.2) is 5.96 Å². The molecule has 0 aromatic carbocycles. The average molecular weight is 386 g/mol. The Balaban J connectivity index is 0. The summed E-state index contributed by atoms with van der Waals surface area (Å²) in [6.45, 7) is 9.13. The molecule has 0 aromatic rings. The molecule has 0 fully saturated rings. The summed E-state index contributed by atoms with van der Waals surface area (Å²) in [6.07, 6.45) is 0. The highest BCUT2D eigenvalue weighted by Gasteiger charge is 2.19. The van der Waals surface area contributed by atoms with Crippen LogP contribution in [0.15, 0.2) is 4.99 Å². The Morgan fingerprint density at radius 2 is 1.95 bits per heavy atom. The normalized spacial score (nSPS) is 14.0.